The van der Waals surface area contributed by atoms with Crippen LogP contribution in [0, 0.1) is 0 Å². The van der Waals surface area contributed by atoms with E-state index in [2.05, 4.69) is 0 Å². The van der Waals surface area contributed by atoms with Crippen LogP contribution in [0.1, 0.15) is 33.1 Å². The van der Waals surface area contributed by atoms with Crippen molar-refractivity contribution in [3.05, 3.63) is 22.8 Å². The quantitative estimate of drug-likeness (QED) is 0.586. The maximum absolute atomic E-state index is 12.4. The lowest BCUT2D eigenvalue weighted by Gasteiger charge is -2.20. The number of rotatable bonds is 1. The molecule has 0 aromatic carbocycles. The van der Waals surface area contributed by atoms with Gasteiger partial charge in [0.2, 0.25) is 0 Å². The second-order valence-corrected chi connectivity index (χ2v) is 3.24. The molecule has 13 heavy (non-hydrogen) atoms. The van der Waals surface area contributed by atoms with Gasteiger partial charge in [-0.3, -0.25) is 0 Å². The Bertz CT molecular complexity index is 256. The van der Waals surface area contributed by atoms with Crippen molar-refractivity contribution in [3.63, 3.8) is 0 Å². The average molecular weight is 190 g/mol. The molecule has 0 nitrogen and oxygen atoms in total. The summed E-state index contributed by atoms with van der Waals surface area (Å²) in [6, 6.07) is 0. The van der Waals surface area contributed by atoms with Gasteiger partial charge in [-0.2, -0.15) is 13.2 Å². The van der Waals surface area contributed by atoms with Crippen molar-refractivity contribution in [2.24, 2.45) is 0 Å². The van der Waals surface area contributed by atoms with Gasteiger partial charge in [0.1, 0.15) is 0 Å². The van der Waals surface area contributed by atoms with Crippen LogP contribution in [0.15, 0.2) is 22.8 Å². The van der Waals surface area contributed by atoms with E-state index in [-0.39, 0.29) is 0 Å². The maximum atomic E-state index is 12.4. The van der Waals surface area contributed by atoms with Crippen LogP contribution in [0.25, 0.3) is 0 Å². The van der Waals surface area contributed by atoms with Crippen LogP contribution in [0.3, 0.4) is 0 Å². The molecular formula is C10H13F3. The Morgan fingerprint density at radius 3 is 2.46 bits per heavy atom. The van der Waals surface area contributed by atoms with E-state index in [1.165, 1.54) is 6.08 Å². The van der Waals surface area contributed by atoms with Crippen molar-refractivity contribution < 1.29 is 13.2 Å². The fourth-order valence-corrected chi connectivity index (χ4v) is 1.69. The number of hydrogen-bond donors (Lipinski definition) is 0. The highest BCUT2D eigenvalue weighted by Gasteiger charge is 2.35. The summed E-state index contributed by atoms with van der Waals surface area (Å²) in [7, 11) is 0. The summed E-state index contributed by atoms with van der Waals surface area (Å²) in [6.07, 6.45) is -0.851. The number of hydrogen-bond acceptors (Lipinski definition) is 0. The largest absolute Gasteiger partial charge is 0.416 e. The van der Waals surface area contributed by atoms with E-state index in [0.29, 0.717) is 12.0 Å². The van der Waals surface area contributed by atoms with Gasteiger partial charge in [0.25, 0.3) is 0 Å². The van der Waals surface area contributed by atoms with Crippen molar-refractivity contribution >= 4 is 0 Å². The molecule has 0 bridgehead atoms. The first kappa shape index (κ1) is 10.4. The zero-order chi connectivity index (χ0) is 10.1. The molecule has 0 radical (unpaired) electrons. The Morgan fingerprint density at radius 1 is 1.38 bits per heavy atom. The van der Waals surface area contributed by atoms with Gasteiger partial charge < -0.3 is 0 Å². The second kappa shape index (κ2) is 3.56. The molecule has 0 N–H and O–H groups in total. The monoisotopic (exact) mass is 190 g/mol. The van der Waals surface area contributed by atoms with Crippen molar-refractivity contribution in [2.75, 3.05) is 0 Å². The topological polar surface area (TPSA) is 0 Å². The number of allylic oxidation sites excluding steroid dienone is 4. The number of alkyl halides is 3. The minimum absolute atomic E-state index is 0.432. The van der Waals surface area contributed by atoms with Gasteiger partial charge in [-0.25, -0.2) is 0 Å². The normalized spacial score (nSPS) is 19.0. The van der Waals surface area contributed by atoms with Crippen LogP contribution in [0.4, 0.5) is 13.2 Å². The molecular weight excluding hydrogens is 177 g/mol. The fourth-order valence-electron chi connectivity index (χ4n) is 1.69. The van der Waals surface area contributed by atoms with Crippen molar-refractivity contribution in [1.29, 1.82) is 0 Å². The third-order valence-corrected chi connectivity index (χ3v) is 2.46. The lowest BCUT2D eigenvalue weighted by molar-refractivity contribution is -0.0898. The molecule has 0 aromatic heterocycles. The molecule has 0 heterocycles. The molecule has 0 spiro atoms. The van der Waals surface area contributed by atoms with Gasteiger partial charge in [-0.15, -0.1) is 0 Å². The molecule has 1 rings (SSSR count). The van der Waals surface area contributed by atoms with E-state index in [4.69, 9.17) is 0 Å². The molecule has 0 aliphatic heterocycles. The van der Waals surface area contributed by atoms with E-state index < -0.39 is 11.7 Å². The summed E-state index contributed by atoms with van der Waals surface area (Å²) in [6.45, 7) is 3.47. The van der Waals surface area contributed by atoms with E-state index in [1.807, 2.05) is 6.92 Å². The van der Waals surface area contributed by atoms with E-state index >= 15 is 0 Å². The zero-order valence-electron chi connectivity index (χ0n) is 7.83. The lowest BCUT2D eigenvalue weighted by atomic mass is 9.90. The Hall–Kier alpha value is -0.730. The first-order valence-electron chi connectivity index (χ1n) is 4.43. The molecule has 0 atom stereocenters. The summed E-state index contributed by atoms with van der Waals surface area (Å²) in [5.74, 6) is 0. The van der Waals surface area contributed by atoms with Gasteiger partial charge in [-0.1, -0.05) is 18.6 Å². The van der Waals surface area contributed by atoms with Gasteiger partial charge in [-0.05, 0) is 31.8 Å². The third kappa shape index (κ3) is 2.14. The van der Waals surface area contributed by atoms with E-state index in [0.717, 1.165) is 18.4 Å². The van der Waals surface area contributed by atoms with Gasteiger partial charge in [0, 0.05) is 0 Å². The Balaban J connectivity index is 3.00. The van der Waals surface area contributed by atoms with Gasteiger partial charge in [0.15, 0.2) is 0 Å². The minimum atomic E-state index is -4.18. The summed E-state index contributed by atoms with van der Waals surface area (Å²) in [5.41, 5.74) is 0.937. The highest BCUT2D eigenvalue weighted by molar-refractivity contribution is 5.39. The predicted octanol–water partition coefficient (Wildman–Crippen LogP) is 4.00. The molecule has 0 fully saturated rings. The lowest BCUT2D eigenvalue weighted by Crippen LogP contribution is -2.16. The molecule has 0 saturated heterocycles. The SMILES string of the molecule is CCC1=C(C)C(C(F)(F)F)=CCC1. The van der Waals surface area contributed by atoms with Crippen LogP contribution in [0.5, 0.6) is 0 Å². The van der Waals surface area contributed by atoms with Crippen molar-refractivity contribution in [1.82, 2.24) is 0 Å². The third-order valence-electron chi connectivity index (χ3n) is 2.46. The van der Waals surface area contributed by atoms with E-state index in [1.54, 1.807) is 6.92 Å². The average Bonchev–Trinajstić information content (AvgIpc) is 2.02. The van der Waals surface area contributed by atoms with E-state index in [9.17, 15) is 13.2 Å². The summed E-state index contributed by atoms with van der Waals surface area (Å²) in [5, 5.41) is 0. The molecule has 0 aromatic rings. The Labute approximate surface area is 76.1 Å². The van der Waals surface area contributed by atoms with Crippen LogP contribution >= 0.6 is 0 Å². The highest BCUT2D eigenvalue weighted by atomic mass is 19.4. The van der Waals surface area contributed by atoms with Crippen LogP contribution in [0.2, 0.25) is 0 Å². The predicted molar refractivity (Wildman–Crippen MR) is 46.4 cm³/mol. The number of halogens is 3. The molecule has 1 aliphatic rings. The first-order chi connectivity index (χ1) is 5.96. The summed E-state index contributed by atoms with van der Waals surface area (Å²) < 4.78 is 37.2. The molecule has 3 heteroatoms. The smallest absolute Gasteiger partial charge is 0.166 e. The van der Waals surface area contributed by atoms with Gasteiger partial charge in [0.05, 0.1) is 5.57 Å². The standard InChI is InChI=1S/C10H13F3/c1-3-8-5-4-6-9(7(8)2)10(11,12)13/h6H,3-5H2,1-2H3. The molecule has 0 amide bonds. The molecule has 0 saturated carbocycles. The maximum Gasteiger partial charge on any atom is 0.416 e. The van der Waals surface area contributed by atoms with Crippen LogP contribution in [-0.2, 0) is 0 Å². The minimum Gasteiger partial charge on any atom is -0.166 e. The van der Waals surface area contributed by atoms with Crippen molar-refractivity contribution in [2.45, 2.75) is 39.3 Å². The Kier molecular flexibility index (Phi) is 2.84. The molecule has 74 valence electrons. The Morgan fingerprint density at radius 2 is 2.00 bits per heavy atom. The summed E-state index contributed by atoms with van der Waals surface area (Å²) in [4.78, 5) is 0. The van der Waals surface area contributed by atoms with Crippen LogP contribution < -0.4 is 0 Å². The first-order valence-corrected chi connectivity index (χ1v) is 4.43. The zero-order valence-corrected chi connectivity index (χ0v) is 7.83. The molecule has 0 unspecified atom stereocenters. The molecule has 1 aliphatic carbocycles. The van der Waals surface area contributed by atoms with Crippen LogP contribution in [-0.4, -0.2) is 6.18 Å². The summed E-state index contributed by atoms with van der Waals surface area (Å²) >= 11 is 0. The van der Waals surface area contributed by atoms with Crippen molar-refractivity contribution in [3.8, 4) is 0 Å². The highest BCUT2D eigenvalue weighted by Crippen LogP contribution is 2.37. The second-order valence-electron chi connectivity index (χ2n) is 3.24. The van der Waals surface area contributed by atoms with Gasteiger partial charge >= 0.3 is 6.18 Å². The fraction of sp³-hybridized carbons (Fsp3) is 0.600.